The Labute approximate surface area is 136 Å². The minimum Gasteiger partial charge on any atom is -0.374 e. The summed E-state index contributed by atoms with van der Waals surface area (Å²) in [6.45, 7) is 8.31. The summed E-state index contributed by atoms with van der Waals surface area (Å²) in [5.74, 6) is 0.812. The van der Waals surface area contributed by atoms with Crippen molar-refractivity contribution >= 4 is 0 Å². The number of rotatable bonds is 5. The first-order valence-electron chi connectivity index (χ1n) is 8.00. The molecule has 0 bridgehead atoms. The van der Waals surface area contributed by atoms with Crippen LogP contribution in [0.5, 0.6) is 0 Å². The summed E-state index contributed by atoms with van der Waals surface area (Å²) >= 11 is 0. The molecule has 2 heterocycles. The van der Waals surface area contributed by atoms with Crippen molar-refractivity contribution in [3.63, 3.8) is 0 Å². The summed E-state index contributed by atoms with van der Waals surface area (Å²) in [5.41, 5.74) is 3.38. The predicted octanol–water partition coefficient (Wildman–Crippen LogP) is 0.699. The van der Waals surface area contributed by atoms with E-state index >= 15 is 0 Å². The van der Waals surface area contributed by atoms with Gasteiger partial charge in [0.15, 0.2) is 5.82 Å². The Kier molecular flexibility index (Phi) is 5.00. The minimum absolute atomic E-state index is 0.221. The Balaban J connectivity index is 1.65. The summed E-state index contributed by atoms with van der Waals surface area (Å²) in [6, 6.07) is 6.20. The highest BCUT2D eigenvalue weighted by molar-refractivity contribution is 5.46. The first kappa shape index (κ1) is 16.0. The van der Waals surface area contributed by atoms with Crippen LogP contribution in [0.1, 0.15) is 17.0 Å². The molecule has 7 nitrogen and oxygen atoms in total. The molecule has 1 atom stereocenters. The second-order valence-electron chi connectivity index (χ2n) is 6.13. The number of nitrogens with one attached hydrogen (secondary N) is 1. The van der Waals surface area contributed by atoms with Gasteiger partial charge in [0.25, 0.3) is 0 Å². The molecule has 1 saturated heterocycles. The molecule has 1 N–H and O–H groups in total. The molecule has 1 fully saturated rings. The molecule has 0 unspecified atom stereocenters. The zero-order valence-corrected chi connectivity index (χ0v) is 14.0. The molecular weight excluding hydrogens is 292 g/mol. The van der Waals surface area contributed by atoms with Crippen molar-refractivity contribution in [2.24, 2.45) is 0 Å². The third kappa shape index (κ3) is 3.74. The Hall–Kier alpha value is -1.83. The number of para-hydroxylation sites is 1. The average Bonchev–Trinajstić information content (AvgIpc) is 2.95. The zero-order chi connectivity index (χ0) is 16.2. The topological polar surface area (TPSA) is 68.1 Å². The molecule has 0 saturated carbocycles. The van der Waals surface area contributed by atoms with Crippen molar-refractivity contribution in [1.29, 1.82) is 0 Å². The maximum Gasteiger partial charge on any atom is 0.170 e. The van der Waals surface area contributed by atoms with Gasteiger partial charge in [-0.15, -0.1) is 5.10 Å². The van der Waals surface area contributed by atoms with Crippen LogP contribution in [-0.2, 0) is 11.3 Å². The molecule has 2 aromatic rings. The Morgan fingerprint density at radius 2 is 2.09 bits per heavy atom. The maximum absolute atomic E-state index is 5.76. The van der Waals surface area contributed by atoms with Gasteiger partial charge < -0.3 is 15.0 Å². The second-order valence-corrected chi connectivity index (χ2v) is 6.13. The van der Waals surface area contributed by atoms with Crippen LogP contribution >= 0.6 is 0 Å². The third-order valence-electron chi connectivity index (χ3n) is 4.18. The smallest absolute Gasteiger partial charge is 0.170 e. The molecule has 1 aromatic heterocycles. The third-order valence-corrected chi connectivity index (χ3v) is 4.18. The number of tetrazole rings is 1. The van der Waals surface area contributed by atoms with E-state index in [1.54, 1.807) is 0 Å². The summed E-state index contributed by atoms with van der Waals surface area (Å²) in [5, 5.41) is 15.6. The minimum atomic E-state index is 0.221. The first-order chi connectivity index (χ1) is 11.1. The number of ether oxygens (including phenoxy) is 1. The number of hydrogen-bond acceptors (Lipinski definition) is 6. The molecule has 0 radical (unpaired) electrons. The molecule has 3 rings (SSSR count). The predicted molar refractivity (Wildman–Crippen MR) is 87.6 cm³/mol. The SMILES string of the molecule is Cc1cccc(C)c1-n1nnnc1CNC[C@@H]1CN(C)CCO1. The number of aryl methyl sites for hydroxylation is 2. The van der Waals surface area contributed by atoms with Gasteiger partial charge in [-0.2, -0.15) is 4.68 Å². The molecule has 0 amide bonds. The summed E-state index contributed by atoms with van der Waals surface area (Å²) in [4.78, 5) is 2.29. The van der Waals surface area contributed by atoms with Crippen molar-refractivity contribution in [3.05, 3.63) is 35.2 Å². The van der Waals surface area contributed by atoms with E-state index in [1.807, 2.05) is 10.7 Å². The lowest BCUT2D eigenvalue weighted by Crippen LogP contribution is -2.44. The van der Waals surface area contributed by atoms with E-state index in [0.717, 1.165) is 48.9 Å². The van der Waals surface area contributed by atoms with E-state index in [9.17, 15) is 0 Å². The number of benzene rings is 1. The van der Waals surface area contributed by atoms with E-state index in [1.165, 1.54) is 0 Å². The normalized spacial score (nSPS) is 19.2. The highest BCUT2D eigenvalue weighted by atomic mass is 16.5. The maximum atomic E-state index is 5.76. The zero-order valence-electron chi connectivity index (χ0n) is 14.0. The molecule has 1 aromatic carbocycles. The van der Waals surface area contributed by atoms with Gasteiger partial charge >= 0.3 is 0 Å². The Morgan fingerprint density at radius 3 is 2.83 bits per heavy atom. The lowest BCUT2D eigenvalue weighted by atomic mass is 10.1. The van der Waals surface area contributed by atoms with Crippen LogP contribution < -0.4 is 5.32 Å². The van der Waals surface area contributed by atoms with Crippen molar-refractivity contribution in [2.45, 2.75) is 26.5 Å². The van der Waals surface area contributed by atoms with E-state index in [4.69, 9.17) is 4.74 Å². The van der Waals surface area contributed by atoms with Crippen molar-refractivity contribution in [3.8, 4) is 5.69 Å². The van der Waals surface area contributed by atoms with Crippen LogP contribution in [0, 0.1) is 13.8 Å². The second kappa shape index (κ2) is 7.16. The van der Waals surface area contributed by atoms with Crippen LogP contribution in [0.25, 0.3) is 5.69 Å². The van der Waals surface area contributed by atoms with Gasteiger partial charge in [0, 0.05) is 19.6 Å². The van der Waals surface area contributed by atoms with Crippen molar-refractivity contribution in [1.82, 2.24) is 30.4 Å². The number of hydrogen-bond donors (Lipinski definition) is 1. The average molecular weight is 316 g/mol. The van der Waals surface area contributed by atoms with Gasteiger partial charge in [0.2, 0.25) is 0 Å². The van der Waals surface area contributed by atoms with Gasteiger partial charge in [-0.1, -0.05) is 18.2 Å². The van der Waals surface area contributed by atoms with E-state index < -0.39 is 0 Å². The number of morpholine rings is 1. The Bertz CT molecular complexity index is 636. The van der Waals surface area contributed by atoms with Gasteiger partial charge in [-0.05, 0) is 42.4 Å². The van der Waals surface area contributed by atoms with Crippen LogP contribution in [0.3, 0.4) is 0 Å². The van der Waals surface area contributed by atoms with E-state index in [-0.39, 0.29) is 6.10 Å². The van der Waals surface area contributed by atoms with E-state index in [0.29, 0.717) is 6.54 Å². The van der Waals surface area contributed by atoms with E-state index in [2.05, 4.69) is 58.8 Å². The van der Waals surface area contributed by atoms with Gasteiger partial charge in [0.1, 0.15) is 0 Å². The highest BCUT2D eigenvalue weighted by Gasteiger charge is 2.18. The molecule has 1 aliphatic rings. The molecule has 124 valence electrons. The summed E-state index contributed by atoms with van der Waals surface area (Å²) in [7, 11) is 2.12. The van der Waals surface area contributed by atoms with Crippen molar-refractivity contribution < 1.29 is 4.74 Å². The Morgan fingerprint density at radius 1 is 1.30 bits per heavy atom. The van der Waals surface area contributed by atoms with Crippen LogP contribution in [0.15, 0.2) is 18.2 Å². The fourth-order valence-corrected chi connectivity index (χ4v) is 2.96. The lowest BCUT2D eigenvalue weighted by Gasteiger charge is -2.30. The highest BCUT2D eigenvalue weighted by Crippen LogP contribution is 2.18. The molecule has 0 aliphatic carbocycles. The first-order valence-corrected chi connectivity index (χ1v) is 8.00. The lowest BCUT2D eigenvalue weighted by molar-refractivity contribution is -0.0183. The monoisotopic (exact) mass is 316 g/mol. The quantitative estimate of drug-likeness (QED) is 0.876. The van der Waals surface area contributed by atoms with Crippen molar-refractivity contribution in [2.75, 3.05) is 33.3 Å². The van der Waals surface area contributed by atoms with Crippen LogP contribution in [-0.4, -0.2) is 64.5 Å². The molecular formula is C16H24N6O. The molecule has 0 spiro atoms. The number of nitrogens with zero attached hydrogens (tertiary/aromatic N) is 5. The van der Waals surface area contributed by atoms with Gasteiger partial charge in [-0.3, -0.25) is 0 Å². The van der Waals surface area contributed by atoms with Gasteiger partial charge in [0.05, 0.1) is 24.9 Å². The summed E-state index contributed by atoms with van der Waals surface area (Å²) in [6.07, 6.45) is 0.221. The number of likely N-dealkylation sites (N-methyl/N-ethyl adjacent to an activating group) is 1. The van der Waals surface area contributed by atoms with Crippen LogP contribution in [0.4, 0.5) is 0 Å². The molecule has 23 heavy (non-hydrogen) atoms. The molecule has 1 aliphatic heterocycles. The molecule has 7 heteroatoms. The largest absolute Gasteiger partial charge is 0.374 e. The summed E-state index contributed by atoms with van der Waals surface area (Å²) < 4.78 is 7.58. The standard InChI is InChI=1S/C16H24N6O/c1-12-5-4-6-13(2)16(12)22-15(18-19-20-22)10-17-9-14-11-21(3)7-8-23-14/h4-6,14,17H,7-11H2,1-3H3/t14-/m1/s1. The fraction of sp³-hybridized carbons (Fsp3) is 0.562. The van der Waals surface area contributed by atoms with Crippen LogP contribution in [0.2, 0.25) is 0 Å². The van der Waals surface area contributed by atoms with Gasteiger partial charge in [-0.25, -0.2) is 0 Å². The fourth-order valence-electron chi connectivity index (χ4n) is 2.96. The number of aromatic nitrogens is 4.